The summed E-state index contributed by atoms with van der Waals surface area (Å²) in [7, 11) is 0. The molecule has 0 unspecified atom stereocenters. The third kappa shape index (κ3) is 5.71. The van der Waals surface area contributed by atoms with E-state index in [1.165, 1.54) is 19.3 Å². The number of amides is 1. The van der Waals surface area contributed by atoms with Gasteiger partial charge in [0.05, 0.1) is 6.61 Å². The minimum Gasteiger partial charge on any atom is -0.395 e. The van der Waals surface area contributed by atoms with E-state index in [0.29, 0.717) is 5.56 Å². The van der Waals surface area contributed by atoms with Gasteiger partial charge in [-0.25, -0.2) is 0 Å². The van der Waals surface area contributed by atoms with E-state index in [0.717, 1.165) is 12.0 Å². The summed E-state index contributed by atoms with van der Waals surface area (Å²) in [6.07, 6.45) is 8.81. The Morgan fingerprint density at radius 2 is 2.11 bits per heavy atom. The molecule has 0 saturated heterocycles. The van der Waals surface area contributed by atoms with Crippen LogP contribution < -0.4 is 5.32 Å². The molecule has 0 heterocycles. The van der Waals surface area contributed by atoms with Crippen molar-refractivity contribution in [3.05, 3.63) is 41.5 Å². The largest absolute Gasteiger partial charge is 0.395 e. The first-order chi connectivity index (χ1) is 9.29. The average molecular weight is 261 g/mol. The SMILES string of the molecule is CCCCC/C=C\c1ccccc1C(=O)NCCO. The zero-order valence-electron chi connectivity index (χ0n) is 11.6. The lowest BCUT2D eigenvalue weighted by Gasteiger charge is -2.06. The van der Waals surface area contributed by atoms with Crippen molar-refractivity contribution in [2.45, 2.75) is 32.6 Å². The van der Waals surface area contributed by atoms with Crippen molar-refractivity contribution in [3.63, 3.8) is 0 Å². The van der Waals surface area contributed by atoms with Gasteiger partial charge in [0.15, 0.2) is 0 Å². The van der Waals surface area contributed by atoms with Crippen molar-refractivity contribution >= 4 is 12.0 Å². The molecule has 19 heavy (non-hydrogen) atoms. The fourth-order valence-electron chi connectivity index (χ4n) is 1.84. The van der Waals surface area contributed by atoms with E-state index in [-0.39, 0.29) is 19.1 Å². The van der Waals surface area contributed by atoms with Crippen LogP contribution >= 0.6 is 0 Å². The van der Waals surface area contributed by atoms with E-state index in [1.807, 2.05) is 24.3 Å². The van der Waals surface area contributed by atoms with Crippen LogP contribution in [0.2, 0.25) is 0 Å². The molecule has 0 aliphatic heterocycles. The maximum atomic E-state index is 11.9. The quantitative estimate of drug-likeness (QED) is 0.707. The molecule has 1 amide bonds. The minimum absolute atomic E-state index is 0.0409. The number of hydrogen-bond donors (Lipinski definition) is 2. The second-order valence-corrected chi connectivity index (χ2v) is 4.46. The van der Waals surface area contributed by atoms with Gasteiger partial charge in [0.25, 0.3) is 5.91 Å². The number of hydrogen-bond acceptors (Lipinski definition) is 2. The number of nitrogens with one attached hydrogen (secondary N) is 1. The first-order valence-corrected chi connectivity index (χ1v) is 6.94. The van der Waals surface area contributed by atoms with E-state index >= 15 is 0 Å². The third-order valence-electron chi connectivity index (χ3n) is 2.87. The van der Waals surface area contributed by atoms with Crippen LogP contribution in [0, 0.1) is 0 Å². The molecule has 104 valence electrons. The van der Waals surface area contributed by atoms with Crippen LogP contribution in [0.25, 0.3) is 6.08 Å². The van der Waals surface area contributed by atoms with Crippen LogP contribution in [0.15, 0.2) is 30.3 Å². The summed E-state index contributed by atoms with van der Waals surface area (Å²) in [5, 5.41) is 11.4. The molecule has 1 aromatic rings. The molecule has 3 nitrogen and oxygen atoms in total. The number of rotatable bonds is 8. The van der Waals surface area contributed by atoms with E-state index in [1.54, 1.807) is 6.07 Å². The highest BCUT2D eigenvalue weighted by Gasteiger charge is 2.07. The molecule has 0 fully saturated rings. The van der Waals surface area contributed by atoms with Crippen LogP contribution in [-0.4, -0.2) is 24.2 Å². The standard InChI is InChI=1S/C16H23NO2/c1-2-3-4-5-6-9-14-10-7-8-11-15(14)16(19)17-12-13-18/h6-11,18H,2-5,12-13H2,1H3,(H,17,19)/b9-6-. The minimum atomic E-state index is -0.136. The molecule has 2 N–H and O–H groups in total. The molecular weight excluding hydrogens is 238 g/mol. The summed E-state index contributed by atoms with van der Waals surface area (Å²) in [5.41, 5.74) is 1.58. The van der Waals surface area contributed by atoms with E-state index in [2.05, 4.69) is 18.3 Å². The number of aliphatic hydroxyl groups excluding tert-OH is 1. The number of benzene rings is 1. The fourth-order valence-corrected chi connectivity index (χ4v) is 1.84. The lowest BCUT2D eigenvalue weighted by atomic mass is 10.1. The van der Waals surface area contributed by atoms with Gasteiger partial charge in [0.2, 0.25) is 0 Å². The van der Waals surface area contributed by atoms with Gasteiger partial charge < -0.3 is 10.4 Å². The van der Waals surface area contributed by atoms with E-state index in [4.69, 9.17) is 5.11 Å². The average Bonchev–Trinajstić information content (AvgIpc) is 2.45. The lowest BCUT2D eigenvalue weighted by Crippen LogP contribution is -2.26. The fraction of sp³-hybridized carbons (Fsp3) is 0.438. The monoisotopic (exact) mass is 261 g/mol. The molecule has 0 saturated carbocycles. The van der Waals surface area contributed by atoms with Crippen molar-refractivity contribution in [3.8, 4) is 0 Å². The molecule has 0 aliphatic carbocycles. The number of unbranched alkanes of at least 4 members (excludes halogenated alkanes) is 3. The van der Waals surface area contributed by atoms with Gasteiger partial charge in [0.1, 0.15) is 0 Å². The maximum absolute atomic E-state index is 11.9. The van der Waals surface area contributed by atoms with Gasteiger partial charge in [-0.2, -0.15) is 0 Å². The van der Waals surface area contributed by atoms with Crippen molar-refractivity contribution in [1.82, 2.24) is 5.32 Å². The number of carbonyl (C=O) groups excluding carboxylic acids is 1. The molecule has 0 aromatic heterocycles. The summed E-state index contributed by atoms with van der Waals surface area (Å²) >= 11 is 0. The molecular formula is C16H23NO2. The Morgan fingerprint density at radius 3 is 2.84 bits per heavy atom. The van der Waals surface area contributed by atoms with Gasteiger partial charge in [-0.1, -0.05) is 50.1 Å². The van der Waals surface area contributed by atoms with Crippen LogP contribution in [0.3, 0.4) is 0 Å². The van der Waals surface area contributed by atoms with Gasteiger partial charge in [0, 0.05) is 12.1 Å². The topological polar surface area (TPSA) is 49.3 Å². The summed E-state index contributed by atoms with van der Waals surface area (Å²) in [6, 6.07) is 7.51. The second-order valence-electron chi connectivity index (χ2n) is 4.46. The zero-order chi connectivity index (χ0) is 13.9. The van der Waals surface area contributed by atoms with Gasteiger partial charge >= 0.3 is 0 Å². The summed E-state index contributed by atoms with van der Waals surface area (Å²) < 4.78 is 0. The molecule has 0 atom stereocenters. The Bertz CT molecular complexity index is 413. The Labute approximate surface area is 115 Å². The second kappa shape index (κ2) is 9.34. The molecule has 0 aliphatic rings. The number of allylic oxidation sites excluding steroid dienone is 1. The Kier molecular flexibility index (Phi) is 7.59. The number of carbonyl (C=O) groups is 1. The van der Waals surface area contributed by atoms with E-state index < -0.39 is 0 Å². The number of aliphatic hydroxyl groups is 1. The molecule has 0 radical (unpaired) electrons. The summed E-state index contributed by atoms with van der Waals surface area (Å²) in [5.74, 6) is -0.136. The van der Waals surface area contributed by atoms with Crippen molar-refractivity contribution in [1.29, 1.82) is 0 Å². The molecule has 0 bridgehead atoms. The first kappa shape index (κ1) is 15.4. The first-order valence-electron chi connectivity index (χ1n) is 6.94. The van der Waals surface area contributed by atoms with Gasteiger partial charge in [-0.05, 0) is 24.5 Å². The maximum Gasteiger partial charge on any atom is 0.251 e. The Morgan fingerprint density at radius 1 is 1.32 bits per heavy atom. The Balaban J connectivity index is 2.64. The predicted molar refractivity (Wildman–Crippen MR) is 79.0 cm³/mol. The zero-order valence-corrected chi connectivity index (χ0v) is 11.6. The summed E-state index contributed by atoms with van der Waals surface area (Å²) in [4.78, 5) is 11.9. The third-order valence-corrected chi connectivity index (χ3v) is 2.87. The van der Waals surface area contributed by atoms with E-state index in [9.17, 15) is 4.79 Å². The molecule has 1 aromatic carbocycles. The molecule has 0 spiro atoms. The van der Waals surface area contributed by atoms with Crippen LogP contribution in [0.1, 0.15) is 48.5 Å². The normalized spacial score (nSPS) is 10.8. The van der Waals surface area contributed by atoms with Crippen molar-refractivity contribution < 1.29 is 9.90 Å². The Hall–Kier alpha value is -1.61. The summed E-state index contributed by atoms with van der Waals surface area (Å²) in [6.45, 7) is 2.43. The van der Waals surface area contributed by atoms with Crippen LogP contribution in [-0.2, 0) is 0 Å². The molecule has 1 rings (SSSR count). The van der Waals surface area contributed by atoms with Crippen LogP contribution in [0.5, 0.6) is 0 Å². The lowest BCUT2D eigenvalue weighted by molar-refractivity contribution is 0.0944. The van der Waals surface area contributed by atoms with Gasteiger partial charge in [-0.15, -0.1) is 0 Å². The highest BCUT2D eigenvalue weighted by molar-refractivity contribution is 5.97. The van der Waals surface area contributed by atoms with Crippen molar-refractivity contribution in [2.75, 3.05) is 13.2 Å². The highest BCUT2D eigenvalue weighted by atomic mass is 16.3. The van der Waals surface area contributed by atoms with Gasteiger partial charge in [-0.3, -0.25) is 4.79 Å². The highest BCUT2D eigenvalue weighted by Crippen LogP contribution is 2.12. The van der Waals surface area contributed by atoms with Crippen molar-refractivity contribution in [2.24, 2.45) is 0 Å². The smallest absolute Gasteiger partial charge is 0.251 e. The van der Waals surface area contributed by atoms with Crippen LogP contribution in [0.4, 0.5) is 0 Å². The predicted octanol–water partition coefficient (Wildman–Crippen LogP) is 3.00. The molecule has 3 heteroatoms.